The number of hydrogen-bond donors (Lipinski definition) is 1. The van der Waals surface area contributed by atoms with Crippen LogP contribution in [0.15, 0.2) is 36.7 Å². The molecule has 2 aromatic rings. The second-order valence-corrected chi connectivity index (χ2v) is 7.50. The predicted octanol–water partition coefficient (Wildman–Crippen LogP) is 2.44. The maximum atomic E-state index is 9.00. The molecule has 1 spiro atoms. The molecule has 5 nitrogen and oxygen atoms in total. The molecule has 1 aromatic carbocycles. The molecule has 1 aliphatic heterocycles. The molecular formula is C20H25N5. The lowest BCUT2D eigenvalue weighted by Crippen LogP contribution is -2.36. The minimum Gasteiger partial charge on any atom is -0.337 e. The van der Waals surface area contributed by atoms with E-state index in [0.29, 0.717) is 11.5 Å². The van der Waals surface area contributed by atoms with Gasteiger partial charge in [-0.25, -0.2) is 4.98 Å². The Morgan fingerprint density at radius 3 is 2.68 bits per heavy atom. The molecule has 2 fully saturated rings. The Morgan fingerprint density at radius 1 is 1.28 bits per heavy atom. The van der Waals surface area contributed by atoms with Gasteiger partial charge < -0.3 is 9.88 Å². The zero-order valence-corrected chi connectivity index (χ0v) is 14.8. The molecule has 25 heavy (non-hydrogen) atoms. The normalized spacial score (nSPS) is 21.4. The van der Waals surface area contributed by atoms with Crippen LogP contribution < -0.4 is 5.32 Å². The van der Waals surface area contributed by atoms with Crippen LogP contribution in [0.2, 0.25) is 0 Å². The molecule has 2 aliphatic rings. The summed E-state index contributed by atoms with van der Waals surface area (Å²) < 4.78 is 2.11. The van der Waals surface area contributed by atoms with Gasteiger partial charge in [0.05, 0.1) is 18.2 Å². The van der Waals surface area contributed by atoms with E-state index in [2.05, 4.69) is 45.0 Å². The fraction of sp³-hybridized carbons (Fsp3) is 0.500. The van der Waals surface area contributed by atoms with Crippen molar-refractivity contribution in [2.75, 3.05) is 13.1 Å². The molecule has 1 unspecified atom stereocenters. The Balaban J connectivity index is 1.53. The SMILES string of the molecule is Cn1ccnc1CN(Cc1ccc(C#N)cc1)C1CC12CCNCC2. The number of imidazole rings is 1. The van der Waals surface area contributed by atoms with Gasteiger partial charge in [0.2, 0.25) is 0 Å². The largest absolute Gasteiger partial charge is 0.337 e. The lowest BCUT2D eigenvalue weighted by Gasteiger charge is -2.29. The van der Waals surface area contributed by atoms with Crippen LogP contribution in [0.25, 0.3) is 0 Å². The van der Waals surface area contributed by atoms with Crippen LogP contribution in [0.5, 0.6) is 0 Å². The molecule has 5 heteroatoms. The van der Waals surface area contributed by atoms with E-state index in [0.717, 1.165) is 37.6 Å². The Hall–Kier alpha value is -2.16. The van der Waals surface area contributed by atoms with Crippen molar-refractivity contribution in [1.82, 2.24) is 19.8 Å². The van der Waals surface area contributed by atoms with Crippen LogP contribution in [-0.4, -0.2) is 33.6 Å². The second-order valence-electron chi connectivity index (χ2n) is 7.50. The first kappa shape index (κ1) is 16.3. The van der Waals surface area contributed by atoms with E-state index < -0.39 is 0 Å². The first-order chi connectivity index (χ1) is 12.2. The van der Waals surface area contributed by atoms with Gasteiger partial charge >= 0.3 is 0 Å². The molecule has 1 aliphatic carbocycles. The Morgan fingerprint density at radius 2 is 2.04 bits per heavy atom. The molecule has 4 rings (SSSR count). The van der Waals surface area contributed by atoms with Gasteiger partial charge in [-0.15, -0.1) is 0 Å². The zero-order chi connectivity index (χ0) is 17.3. The van der Waals surface area contributed by atoms with Gasteiger partial charge in [-0.1, -0.05) is 12.1 Å². The van der Waals surface area contributed by atoms with E-state index in [-0.39, 0.29) is 0 Å². The molecule has 0 radical (unpaired) electrons. The quantitative estimate of drug-likeness (QED) is 0.912. The highest BCUT2D eigenvalue weighted by Gasteiger charge is 2.56. The number of nitriles is 1. The number of aromatic nitrogens is 2. The average Bonchev–Trinajstić information content (AvgIpc) is 3.17. The Kier molecular flexibility index (Phi) is 4.32. The monoisotopic (exact) mass is 335 g/mol. The number of piperidine rings is 1. The summed E-state index contributed by atoms with van der Waals surface area (Å²) in [5.41, 5.74) is 2.49. The van der Waals surface area contributed by atoms with E-state index in [9.17, 15) is 0 Å². The van der Waals surface area contributed by atoms with Crippen LogP contribution >= 0.6 is 0 Å². The van der Waals surface area contributed by atoms with E-state index >= 15 is 0 Å². The third-order valence-corrected chi connectivity index (χ3v) is 5.92. The van der Waals surface area contributed by atoms with Gasteiger partial charge in [0.1, 0.15) is 5.82 Å². The minimum atomic E-state index is 0.503. The van der Waals surface area contributed by atoms with Crippen LogP contribution in [-0.2, 0) is 20.1 Å². The molecule has 1 saturated heterocycles. The number of rotatable bonds is 5. The fourth-order valence-electron chi connectivity index (χ4n) is 4.23. The summed E-state index contributed by atoms with van der Waals surface area (Å²) in [5, 5.41) is 12.5. The van der Waals surface area contributed by atoms with Gasteiger partial charge in [-0.05, 0) is 55.5 Å². The summed E-state index contributed by atoms with van der Waals surface area (Å²) in [7, 11) is 2.06. The predicted molar refractivity (Wildman–Crippen MR) is 96.6 cm³/mol. The van der Waals surface area contributed by atoms with Crippen LogP contribution in [0, 0.1) is 16.7 Å². The first-order valence-corrected chi connectivity index (χ1v) is 9.10. The molecule has 0 bridgehead atoms. The second kappa shape index (κ2) is 6.62. The van der Waals surface area contributed by atoms with Crippen molar-refractivity contribution in [3.05, 3.63) is 53.6 Å². The van der Waals surface area contributed by atoms with Gasteiger partial charge in [0, 0.05) is 32.0 Å². The third-order valence-electron chi connectivity index (χ3n) is 5.92. The molecule has 1 N–H and O–H groups in total. The standard InChI is InChI=1S/C20H25N5/c1-24-11-10-23-19(24)15-25(14-17-4-2-16(13-21)3-5-17)18-12-20(18)6-8-22-9-7-20/h2-5,10-11,18,22H,6-9,12,14-15H2,1H3. The van der Waals surface area contributed by atoms with Crippen LogP contribution in [0.4, 0.5) is 0 Å². The highest BCUT2D eigenvalue weighted by atomic mass is 15.2. The summed E-state index contributed by atoms with van der Waals surface area (Å²) in [6, 6.07) is 10.8. The number of benzene rings is 1. The molecule has 1 saturated carbocycles. The smallest absolute Gasteiger partial charge is 0.122 e. The average molecular weight is 335 g/mol. The molecule has 1 aromatic heterocycles. The summed E-state index contributed by atoms with van der Waals surface area (Å²) in [5.74, 6) is 1.12. The topological polar surface area (TPSA) is 56.9 Å². The molecule has 1 atom stereocenters. The summed E-state index contributed by atoms with van der Waals surface area (Å²) >= 11 is 0. The first-order valence-electron chi connectivity index (χ1n) is 9.10. The van der Waals surface area contributed by atoms with E-state index in [1.54, 1.807) is 0 Å². The number of hydrogen-bond acceptors (Lipinski definition) is 4. The van der Waals surface area contributed by atoms with Crippen molar-refractivity contribution in [3.63, 3.8) is 0 Å². The van der Waals surface area contributed by atoms with Crippen LogP contribution in [0.1, 0.15) is 36.2 Å². The summed E-state index contributed by atoms with van der Waals surface area (Å²) in [6.45, 7) is 4.08. The van der Waals surface area contributed by atoms with Gasteiger partial charge in [0.25, 0.3) is 0 Å². The maximum absolute atomic E-state index is 9.00. The van der Waals surface area contributed by atoms with Crippen molar-refractivity contribution in [2.24, 2.45) is 12.5 Å². The number of nitrogens with one attached hydrogen (secondary N) is 1. The van der Waals surface area contributed by atoms with Crippen molar-refractivity contribution >= 4 is 0 Å². The van der Waals surface area contributed by atoms with Crippen molar-refractivity contribution in [3.8, 4) is 6.07 Å². The minimum absolute atomic E-state index is 0.503. The number of nitrogens with zero attached hydrogens (tertiary/aromatic N) is 4. The zero-order valence-electron chi connectivity index (χ0n) is 14.8. The van der Waals surface area contributed by atoms with Gasteiger partial charge in [0.15, 0.2) is 0 Å². The number of aryl methyl sites for hydroxylation is 1. The summed E-state index contributed by atoms with van der Waals surface area (Å²) in [6.07, 6.45) is 7.75. The maximum Gasteiger partial charge on any atom is 0.122 e. The Labute approximate surface area is 149 Å². The van der Waals surface area contributed by atoms with Gasteiger partial charge in [-0.2, -0.15) is 5.26 Å². The lowest BCUT2D eigenvalue weighted by molar-refractivity contribution is 0.183. The highest BCUT2D eigenvalue weighted by Crippen LogP contribution is 2.56. The molecular weight excluding hydrogens is 310 g/mol. The third kappa shape index (κ3) is 3.33. The van der Waals surface area contributed by atoms with E-state index in [1.807, 2.05) is 24.5 Å². The van der Waals surface area contributed by atoms with Crippen molar-refractivity contribution < 1.29 is 0 Å². The fourth-order valence-corrected chi connectivity index (χ4v) is 4.23. The lowest BCUT2D eigenvalue weighted by atomic mass is 9.93. The highest BCUT2D eigenvalue weighted by molar-refractivity contribution is 5.31. The molecule has 2 heterocycles. The summed E-state index contributed by atoms with van der Waals surface area (Å²) in [4.78, 5) is 7.13. The van der Waals surface area contributed by atoms with E-state index in [4.69, 9.17) is 5.26 Å². The van der Waals surface area contributed by atoms with Gasteiger partial charge in [-0.3, -0.25) is 4.90 Å². The van der Waals surface area contributed by atoms with Crippen molar-refractivity contribution in [1.29, 1.82) is 5.26 Å². The molecule has 130 valence electrons. The van der Waals surface area contributed by atoms with E-state index in [1.165, 1.54) is 24.8 Å². The molecule has 0 amide bonds. The van der Waals surface area contributed by atoms with Crippen molar-refractivity contribution in [2.45, 2.75) is 38.4 Å². The Bertz CT molecular complexity index is 764. The van der Waals surface area contributed by atoms with Crippen LogP contribution in [0.3, 0.4) is 0 Å².